The number of nitrogens with one attached hydrogen (secondary N) is 2. The fourth-order valence-electron chi connectivity index (χ4n) is 4.64. The topological polar surface area (TPSA) is 145 Å². The van der Waals surface area contributed by atoms with E-state index >= 15 is 0 Å². The molecule has 1 aromatic heterocycles. The molecule has 1 aliphatic rings. The Balaban J connectivity index is 1.47. The highest BCUT2D eigenvalue weighted by atomic mass is 16.2. The maximum atomic E-state index is 13.0. The average molecular weight is 489 g/mol. The molecule has 0 spiro atoms. The number of carbonyl (C=O) groups excluding carboxylic acids is 3. The maximum absolute atomic E-state index is 13.0. The van der Waals surface area contributed by atoms with Gasteiger partial charge >= 0.3 is 0 Å². The number of aromatic nitrogens is 2. The van der Waals surface area contributed by atoms with Crippen molar-refractivity contribution in [3.63, 3.8) is 0 Å². The van der Waals surface area contributed by atoms with Gasteiger partial charge in [-0.05, 0) is 49.1 Å². The summed E-state index contributed by atoms with van der Waals surface area (Å²) in [7, 11) is 0. The second kappa shape index (κ2) is 11.1. The largest absolute Gasteiger partial charge is 0.383 e. The van der Waals surface area contributed by atoms with Gasteiger partial charge in [0.05, 0.1) is 11.9 Å². The lowest BCUT2D eigenvalue weighted by Gasteiger charge is -2.25. The van der Waals surface area contributed by atoms with Crippen LogP contribution in [-0.2, 0) is 4.79 Å². The third-order valence-corrected chi connectivity index (χ3v) is 6.74. The molecule has 0 bridgehead atoms. The van der Waals surface area contributed by atoms with Crippen molar-refractivity contribution in [3.05, 3.63) is 71.4 Å². The first-order valence-electron chi connectivity index (χ1n) is 12.2. The fourth-order valence-corrected chi connectivity index (χ4v) is 4.64. The molecule has 188 valence electrons. The van der Waals surface area contributed by atoms with E-state index < -0.39 is 23.8 Å². The lowest BCUT2D eigenvalue weighted by molar-refractivity contribution is -0.120. The number of hydrogen-bond acceptors (Lipinski definition) is 5. The minimum atomic E-state index is -0.733. The molecule has 9 nitrogen and oxygen atoms in total. The average Bonchev–Trinajstić information content (AvgIpc) is 3.27. The molecule has 1 atom stereocenters. The Morgan fingerprint density at radius 1 is 1.06 bits per heavy atom. The minimum Gasteiger partial charge on any atom is -0.383 e. The second-order valence-electron chi connectivity index (χ2n) is 9.34. The van der Waals surface area contributed by atoms with Crippen LogP contribution in [0, 0.1) is 12.8 Å². The number of aryl methyl sites for hydroxylation is 1. The number of nitrogen functional groups attached to an aromatic ring is 1. The zero-order valence-corrected chi connectivity index (χ0v) is 20.4. The number of hydrogen-bond donors (Lipinski definition) is 4. The molecule has 1 saturated carbocycles. The van der Waals surface area contributed by atoms with E-state index in [2.05, 4.69) is 15.7 Å². The van der Waals surface area contributed by atoms with Gasteiger partial charge in [0.25, 0.3) is 11.8 Å². The number of carbonyl (C=O) groups is 3. The van der Waals surface area contributed by atoms with Crippen molar-refractivity contribution in [1.82, 2.24) is 15.1 Å². The van der Waals surface area contributed by atoms with Gasteiger partial charge in [-0.2, -0.15) is 5.10 Å². The number of nitrogens with two attached hydrogens (primary N) is 2. The summed E-state index contributed by atoms with van der Waals surface area (Å²) in [6.45, 7) is 1.82. The van der Waals surface area contributed by atoms with Crippen LogP contribution in [0.1, 0.15) is 64.8 Å². The summed E-state index contributed by atoms with van der Waals surface area (Å²) < 4.78 is 1.49. The number of nitrogens with zero attached hydrogens (tertiary/aromatic N) is 2. The molecule has 2 aromatic carbocycles. The molecular weight excluding hydrogens is 456 g/mol. The predicted molar refractivity (Wildman–Crippen MR) is 139 cm³/mol. The van der Waals surface area contributed by atoms with Crippen LogP contribution >= 0.6 is 0 Å². The SMILES string of the molecule is Cc1ccc(C(=O)N[C@@H](CC2CCCCC2)C(N)=O)cc1NC(=O)c1cnn(-c2ccccc2)c1N. The van der Waals surface area contributed by atoms with Crippen LogP contribution < -0.4 is 22.1 Å². The Kier molecular flexibility index (Phi) is 7.68. The monoisotopic (exact) mass is 488 g/mol. The Labute approximate surface area is 210 Å². The summed E-state index contributed by atoms with van der Waals surface area (Å²) >= 11 is 0. The van der Waals surface area contributed by atoms with Gasteiger partial charge in [0.15, 0.2) is 0 Å². The summed E-state index contributed by atoms with van der Waals surface area (Å²) in [6.07, 6.45) is 7.53. The minimum absolute atomic E-state index is 0.206. The van der Waals surface area contributed by atoms with Crippen LogP contribution in [0.5, 0.6) is 0 Å². The van der Waals surface area contributed by atoms with Crippen LogP contribution in [0.25, 0.3) is 5.69 Å². The van der Waals surface area contributed by atoms with E-state index in [4.69, 9.17) is 11.5 Å². The van der Waals surface area contributed by atoms with Crippen molar-refractivity contribution in [3.8, 4) is 5.69 Å². The molecule has 4 rings (SSSR count). The summed E-state index contributed by atoms with van der Waals surface area (Å²) in [5.74, 6) is -0.812. The molecular formula is C27H32N6O3. The lowest BCUT2D eigenvalue weighted by atomic mass is 9.84. The highest BCUT2D eigenvalue weighted by Crippen LogP contribution is 2.27. The molecule has 1 aliphatic carbocycles. The molecule has 1 fully saturated rings. The van der Waals surface area contributed by atoms with Gasteiger partial charge in [-0.25, -0.2) is 4.68 Å². The van der Waals surface area contributed by atoms with E-state index in [9.17, 15) is 14.4 Å². The van der Waals surface area contributed by atoms with E-state index in [0.717, 1.165) is 36.9 Å². The normalized spacial score (nSPS) is 14.7. The molecule has 0 unspecified atom stereocenters. The first-order valence-corrected chi connectivity index (χ1v) is 12.2. The quantitative estimate of drug-likeness (QED) is 0.383. The number of primary amides is 1. The van der Waals surface area contributed by atoms with E-state index in [1.807, 2.05) is 37.3 Å². The van der Waals surface area contributed by atoms with Gasteiger partial charge < -0.3 is 22.1 Å². The summed E-state index contributed by atoms with van der Waals surface area (Å²) in [5.41, 5.74) is 14.3. The lowest BCUT2D eigenvalue weighted by Crippen LogP contribution is -2.45. The first kappa shape index (κ1) is 25.0. The third kappa shape index (κ3) is 5.73. The third-order valence-electron chi connectivity index (χ3n) is 6.74. The number of para-hydroxylation sites is 1. The van der Waals surface area contributed by atoms with Crippen molar-refractivity contribution in [2.75, 3.05) is 11.1 Å². The molecule has 36 heavy (non-hydrogen) atoms. The zero-order valence-electron chi connectivity index (χ0n) is 20.4. The number of amides is 3. The Morgan fingerprint density at radius 2 is 1.78 bits per heavy atom. The van der Waals surface area contributed by atoms with Gasteiger partial charge in [0.1, 0.15) is 17.4 Å². The Morgan fingerprint density at radius 3 is 2.47 bits per heavy atom. The van der Waals surface area contributed by atoms with Crippen LogP contribution in [0.2, 0.25) is 0 Å². The smallest absolute Gasteiger partial charge is 0.261 e. The van der Waals surface area contributed by atoms with Gasteiger partial charge in [-0.1, -0.05) is 56.4 Å². The number of anilines is 2. The molecule has 9 heteroatoms. The van der Waals surface area contributed by atoms with Crippen molar-refractivity contribution in [2.24, 2.45) is 11.7 Å². The Hall–Kier alpha value is -4.14. The van der Waals surface area contributed by atoms with Crippen LogP contribution in [-0.4, -0.2) is 33.5 Å². The summed E-state index contributed by atoms with van der Waals surface area (Å²) in [5, 5.41) is 9.84. The predicted octanol–water partition coefficient (Wildman–Crippen LogP) is 3.57. The molecule has 6 N–H and O–H groups in total. The van der Waals surface area contributed by atoms with Crippen molar-refractivity contribution in [1.29, 1.82) is 0 Å². The molecule has 0 radical (unpaired) electrons. The Bertz CT molecular complexity index is 1250. The van der Waals surface area contributed by atoms with Crippen LogP contribution in [0.4, 0.5) is 11.5 Å². The van der Waals surface area contributed by atoms with Crippen molar-refractivity contribution >= 4 is 29.2 Å². The van der Waals surface area contributed by atoms with E-state index in [1.54, 1.807) is 18.2 Å². The van der Waals surface area contributed by atoms with Gasteiger partial charge in [0, 0.05) is 11.3 Å². The molecule has 0 saturated heterocycles. The second-order valence-corrected chi connectivity index (χ2v) is 9.34. The van der Waals surface area contributed by atoms with E-state index in [-0.39, 0.29) is 11.4 Å². The molecule has 3 amide bonds. The highest BCUT2D eigenvalue weighted by molar-refractivity contribution is 6.08. The maximum Gasteiger partial charge on any atom is 0.261 e. The molecule has 3 aromatic rings. The van der Waals surface area contributed by atoms with Gasteiger partial charge in [-0.15, -0.1) is 0 Å². The van der Waals surface area contributed by atoms with E-state index in [1.165, 1.54) is 17.3 Å². The van der Waals surface area contributed by atoms with Crippen molar-refractivity contribution < 1.29 is 14.4 Å². The fraction of sp³-hybridized carbons (Fsp3) is 0.333. The first-order chi connectivity index (χ1) is 17.3. The highest BCUT2D eigenvalue weighted by Gasteiger charge is 2.25. The van der Waals surface area contributed by atoms with Gasteiger partial charge in [-0.3, -0.25) is 14.4 Å². The molecule has 0 aliphatic heterocycles. The number of rotatable bonds is 8. The van der Waals surface area contributed by atoms with Crippen LogP contribution in [0.3, 0.4) is 0 Å². The van der Waals surface area contributed by atoms with E-state index in [0.29, 0.717) is 23.6 Å². The zero-order chi connectivity index (χ0) is 25.7. The molecule has 1 heterocycles. The number of benzene rings is 2. The standard InChI is InChI=1S/C27H32N6O3/c1-17-12-13-19(26(35)32-23(25(29)34)14-18-8-4-2-5-9-18)15-22(17)31-27(36)21-16-30-33(24(21)28)20-10-6-3-7-11-20/h3,6-7,10-13,15-16,18,23H,2,4-5,8-9,14,28H2,1H3,(H2,29,34)(H,31,36)(H,32,35)/t23-/m0/s1. The van der Waals surface area contributed by atoms with Crippen LogP contribution in [0.15, 0.2) is 54.7 Å². The van der Waals surface area contributed by atoms with Crippen molar-refractivity contribution in [2.45, 2.75) is 51.5 Å². The summed E-state index contributed by atoms with van der Waals surface area (Å²) in [4.78, 5) is 38.0. The summed E-state index contributed by atoms with van der Waals surface area (Å²) in [6, 6.07) is 13.5. The van der Waals surface area contributed by atoms with Gasteiger partial charge in [0.2, 0.25) is 5.91 Å².